The van der Waals surface area contributed by atoms with Gasteiger partial charge in [-0.15, -0.1) is 24.8 Å². The minimum absolute atomic E-state index is 0. The largest absolute Gasteiger partial charge is 0.302 e. The Hall–Kier alpha value is -2.70. The zero-order chi connectivity index (χ0) is 23.3. The second-order valence-electron chi connectivity index (χ2n) is 9.25. The van der Waals surface area contributed by atoms with Crippen molar-refractivity contribution < 1.29 is 0 Å². The Morgan fingerprint density at radius 3 is 2.03 bits per heavy atom. The van der Waals surface area contributed by atoms with Crippen molar-refractivity contribution in [1.82, 2.24) is 19.4 Å². The summed E-state index contributed by atoms with van der Waals surface area (Å²) in [7, 11) is 2.22. The molecule has 1 saturated heterocycles. The summed E-state index contributed by atoms with van der Waals surface area (Å²) in [6, 6.07) is 29.6. The van der Waals surface area contributed by atoms with Crippen LogP contribution < -0.4 is 5.56 Å². The zero-order valence-electron chi connectivity index (χ0n) is 20.6. The van der Waals surface area contributed by atoms with Crippen molar-refractivity contribution in [3.05, 3.63) is 113 Å². The lowest BCUT2D eigenvalue weighted by Gasteiger charge is -2.35. The minimum Gasteiger partial charge on any atom is -0.302 e. The summed E-state index contributed by atoms with van der Waals surface area (Å²) in [6.45, 7) is 4.00. The molecule has 0 saturated carbocycles. The number of piperidine rings is 1. The molecule has 36 heavy (non-hydrogen) atoms. The molecule has 0 unspecified atom stereocenters. The van der Waals surface area contributed by atoms with E-state index < -0.39 is 0 Å². The summed E-state index contributed by atoms with van der Waals surface area (Å²) in [6.07, 6.45) is 3.69. The molecule has 0 N–H and O–H groups in total. The number of rotatable bonds is 7. The molecular weight excluding hydrogens is 491 g/mol. The van der Waals surface area contributed by atoms with Crippen molar-refractivity contribution >= 4 is 35.7 Å². The number of benzene rings is 3. The van der Waals surface area contributed by atoms with Crippen molar-refractivity contribution in [3.63, 3.8) is 0 Å². The number of halogens is 2. The van der Waals surface area contributed by atoms with Crippen LogP contribution in [0.25, 0.3) is 10.9 Å². The van der Waals surface area contributed by atoms with Crippen LogP contribution in [0.15, 0.2) is 96.1 Å². The van der Waals surface area contributed by atoms with Crippen LogP contribution in [0.5, 0.6) is 0 Å². The van der Waals surface area contributed by atoms with Crippen LogP contribution in [-0.4, -0.2) is 52.6 Å². The quantitative estimate of drug-likeness (QED) is 0.315. The first-order chi connectivity index (χ1) is 16.7. The lowest BCUT2D eigenvalue weighted by atomic mass is 9.97. The van der Waals surface area contributed by atoms with E-state index in [0.717, 1.165) is 44.5 Å². The van der Waals surface area contributed by atoms with Crippen molar-refractivity contribution in [2.75, 3.05) is 33.2 Å². The maximum Gasteiger partial charge on any atom is 0.261 e. The topological polar surface area (TPSA) is 41.4 Å². The third-order valence-corrected chi connectivity index (χ3v) is 7.08. The number of fused-ring (bicyclic) bond motifs is 1. The fraction of sp³-hybridized carbons (Fsp3) is 0.310. The van der Waals surface area contributed by atoms with E-state index in [1.54, 1.807) is 6.33 Å². The molecule has 1 aliphatic heterocycles. The average Bonchev–Trinajstić information content (AvgIpc) is 2.90. The Kier molecular flexibility index (Phi) is 10.1. The van der Waals surface area contributed by atoms with E-state index in [-0.39, 0.29) is 42.5 Å². The second-order valence-corrected chi connectivity index (χ2v) is 9.25. The molecule has 2 heterocycles. The van der Waals surface area contributed by atoms with Gasteiger partial charge in [-0.2, -0.15) is 0 Å². The van der Waals surface area contributed by atoms with E-state index in [9.17, 15) is 4.79 Å². The van der Waals surface area contributed by atoms with E-state index in [0.29, 0.717) is 5.39 Å². The molecule has 5 nitrogen and oxygen atoms in total. The highest BCUT2D eigenvalue weighted by atomic mass is 35.5. The fourth-order valence-electron chi connectivity index (χ4n) is 5.16. The van der Waals surface area contributed by atoms with Gasteiger partial charge in [0.05, 0.1) is 23.3 Å². The van der Waals surface area contributed by atoms with Gasteiger partial charge in [-0.3, -0.25) is 14.3 Å². The number of nitrogens with zero attached hydrogens (tertiary/aromatic N) is 4. The van der Waals surface area contributed by atoms with Crippen LogP contribution in [0, 0.1) is 0 Å². The predicted molar refractivity (Wildman–Crippen MR) is 153 cm³/mol. The summed E-state index contributed by atoms with van der Waals surface area (Å²) in [5.74, 6) is 0. The lowest BCUT2D eigenvalue weighted by molar-refractivity contribution is 0.156. The SMILES string of the molecule is CN(CCN1CCC(n2cnc3ccccc3c2=O)CC1)C(c1ccccc1)c1ccccc1.Cl.Cl. The summed E-state index contributed by atoms with van der Waals surface area (Å²) >= 11 is 0. The number of para-hydroxylation sites is 1. The van der Waals surface area contributed by atoms with E-state index >= 15 is 0 Å². The van der Waals surface area contributed by atoms with Crippen LogP contribution in [-0.2, 0) is 0 Å². The molecule has 0 atom stereocenters. The Morgan fingerprint density at radius 2 is 1.42 bits per heavy atom. The van der Waals surface area contributed by atoms with Crippen molar-refractivity contribution in [2.45, 2.75) is 24.9 Å². The highest BCUT2D eigenvalue weighted by molar-refractivity contribution is 5.85. The molecule has 5 rings (SSSR count). The van der Waals surface area contributed by atoms with E-state index in [1.165, 1.54) is 11.1 Å². The molecule has 1 aromatic heterocycles. The van der Waals surface area contributed by atoms with Crippen molar-refractivity contribution in [3.8, 4) is 0 Å². The van der Waals surface area contributed by atoms with Gasteiger partial charge in [-0.1, -0.05) is 72.8 Å². The smallest absolute Gasteiger partial charge is 0.261 e. The van der Waals surface area contributed by atoms with Gasteiger partial charge in [0, 0.05) is 32.2 Å². The molecule has 190 valence electrons. The van der Waals surface area contributed by atoms with Gasteiger partial charge in [0.2, 0.25) is 0 Å². The third-order valence-electron chi connectivity index (χ3n) is 7.08. The molecule has 1 aliphatic rings. The average molecular weight is 526 g/mol. The lowest BCUT2D eigenvalue weighted by Crippen LogP contribution is -2.41. The molecule has 0 radical (unpaired) electrons. The van der Waals surface area contributed by atoms with Gasteiger partial charge in [0.15, 0.2) is 0 Å². The van der Waals surface area contributed by atoms with Gasteiger partial charge in [-0.25, -0.2) is 4.98 Å². The van der Waals surface area contributed by atoms with Crippen LogP contribution in [0.1, 0.15) is 36.1 Å². The molecule has 3 aromatic carbocycles. The third kappa shape index (κ3) is 6.16. The number of aromatic nitrogens is 2. The Bertz CT molecular complexity index is 1240. The standard InChI is InChI=1S/C29H32N4O.2ClH/c1-31(28(23-10-4-2-5-11-23)24-12-6-3-7-13-24)20-21-32-18-16-25(17-19-32)33-22-30-27-15-9-8-14-26(27)29(33)34;;/h2-15,22,25,28H,16-21H2,1H3;2*1H. The Labute approximate surface area is 225 Å². The first-order valence-corrected chi connectivity index (χ1v) is 12.2. The number of hydrogen-bond donors (Lipinski definition) is 0. The Morgan fingerprint density at radius 1 is 0.861 bits per heavy atom. The summed E-state index contributed by atoms with van der Waals surface area (Å²) < 4.78 is 1.85. The fourth-order valence-corrected chi connectivity index (χ4v) is 5.16. The maximum absolute atomic E-state index is 13.0. The van der Waals surface area contributed by atoms with Crippen LogP contribution >= 0.6 is 24.8 Å². The van der Waals surface area contributed by atoms with Gasteiger partial charge >= 0.3 is 0 Å². The molecular formula is C29H34Cl2N4O. The molecule has 0 bridgehead atoms. The highest BCUT2D eigenvalue weighted by Crippen LogP contribution is 2.28. The maximum atomic E-state index is 13.0. The zero-order valence-corrected chi connectivity index (χ0v) is 22.2. The molecule has 0 aliphatic carbocycles. The summed E-state index contributed by atoms with van der Waals surface area (Å²) in [5.41, 5.74) is 3.49. The minimum atomic E-state index is 0. The monoisotopic (exact) mass is 524 g/mol. The second kappa shape index (κ2) is 13.0. The van der Waals surface area contributed by atoms with Crippen molar-refractivity contribution in [2.24, 2.45) is 0 Å². The number of hydrogen-bond acceptors (Lipinski definition) is 4. The van der Waals surface area contributed by atoms with E-state index in [1.807, 2.05) is 28.8 Å². The van der Waals surface area contributed by atoms with Crippen LogP contribution in [0.4, 0.5) is 0 Å². The predicted octanol–water partition coefficient (Wildman–Crippen LogP) is 5.60. The van der Waals surface area contributed by atoms with Crippen LogP contribution in [0.3, 0.4) is 0 Å². The molecule has 4 aromatic rings. The van der Waals surface area contributed by atoms with Gasteiger partial charge in [-0.05, 0) is 43.1 Å². The van der Waals surface area contributed by atoms with E-state index in [2.05, 4.69) is 82.5 Å². The van der Waals surface area contributed by atoms with Gasteiger partial charge in [0.25, 0.3) is 5.56 Å². The van der Waals surface area contributed by atoms with Gasteiger partial charge in [0.1, 0.15) is 0 Å². The number of likely N-dealkylation sites (tertiary alicyclic amines) is 1. The summed E-state index contributed by atoms with van der Waals surface area (Å²) in [4.78, 5) is 22.5. The Balaban J connectivity index is 0.00000180. The molecule has 0 amide bonds. The first kappa shape index (κ1) is 27.9. The molecule has 7 heteroatoms. The number of likely N-dealkylation sites (N-methyl/N-ethyl adjacent to an activating group) is 1. The molecule has 1 fully saturated rings. The van der Waals surface area contributed by atoms with Crippen molar-refractivity contribution in [1.29, 1.82) is 0 Å². The normalized spacial score (nSPS) is 14.5. The molecule has 0 spiro atoms. The summed E-state index contributed by atoms with van der Waals surface area (Å²) in [5, 5.41) is 0.710. The van der Waals surface area contributed by atoms with E-state index in [4.69, 9.17) is 0 Å². The van der Waals surface area contributed by atoms with Gasteiger partial charge < -0.3 is 4.90 Å². The highest BCUT2D eigenvalue weighted by Gasteiger charge is 2.24. The first-order valence-electron chi connectivity index (χ1n) is 12.2. The van der Waals surface area contributed by atoms with Crippen LogP contribution in [0.2, 0.25) is 0 Å².